The zero-order valence-corrected chi connectivity index (χ0v) is 12.7. The normalized spacial score (nSPS) is 10.2. The molecule has 21 heavy (non-hydrogen) atoms. The monoisotopic (exact) mass is 354 g/mol. The number of nitro groups is 1. The van der Waals surface area contributed by atoms with E-state index < -0.39 is 4.92 Å². The fourth-order valence-electron chi connectivity index (χ4n) is 1.39. The molecule has 0 aliphatic heterocycles. The van der Waals surface area contributed by atoms with Crippen LogP contribution in [0.25, 0.3) is 0 Å². The van der Waals surface area contributed by atoms with Gasteiger partial charge in [-0.25, -0.2) is 0 Å². The minimum absolute atomic E-state index is 0.00902. The summed E-state index contributed by atoms with van der Waals surface area (Å²) < 4.78 is 5.98. The second kappa shape index (κ2) is 5.87. The number of aromatic nitrogens is 3. The Morgan fingerprint density at radius 2 is 2.05 bits per heavy atom. The number of nitro benzene ring substituents is 1. The van der Waals surface area contributed by atoms with E-state index in [1.807, 2.05) is 0 Å². The number of rotatable bonds is 4. The molecule has 0 aliphatic carbocycles. The molecule has 2 aromatic rings. The van der Waals surface area contributed by atoms with Crippen LogP contribution in [-0.4, -0.2) is 34.0 Å². The number of hydrogen-bond donors (Lipinski definition) is 1. The number of nitrogens with two attached hydrogens (primary N) is 1. The van der Waals surface area contributed by atoms with Gasteiger partial charge in [0.25, 0.3) is 5.69 Å². The van der Waals surface area contributed by atoms with Gasteiger partial charge in [-0.05, 0) is 22.0 Å². The molecule has 0 spiro atoms. The van der Waals surface area contributed by atoms with Crippen molar-refractivity contribution in [2.75, 3.05) is 24.7 Å². The molecule has 1 aromatic carbocycles. The van der Waals surface area contributed by atoms with E-state index in [2.05, 4.69) is 30.9 Å². The largest absolute Gasteiger partial charge is 0.423 e. The molecule has 0 atom stereocenters. The highest BCUT2D eigenvalue weighted by Crippen LogP contribution is 2.32. The van der Waals surface area contributed by atoms with Gasteiger partial charge in [0.05, 0.1) is 15.5 Å². The van der Waals surface area contributed by atoms with Crippen molar-refractivity contribution in [3.8, 4) is 11.8 Å². The molecule has 2 rings (SSSR count). The van der Waals surface area contributed by atoms with Gasteiger partial charge in [0.15, 0.2) is 5.75 Å². The number of halogens is 1. The number of nitrogen functional groups attached to an aromatic ring is 1. The van der Waals surface area contributed by atoms with Gasteiger partial charge < -0.3 is 15.4 Å². The van der Waals surface area contributed by atoms with Gasteiger partial charge in [0.2, 0.25) is 11.9 Å². The van der Waals surface area contributed by atoms with E-state index in [1.165, 1.54) is 18.2 Å². The second-order valence-corrected chi connectivity index (χ2v) is 5.00. The maximum atomic E-state index is 10.8. The van der Waals surface area contributed by atoms with E-state index in [0.717, 1.165) is 0 Å². The maximum Gasteiger partial charge on any atom is 0.328 e. The lowest BCUT2D eigenvalue weighted by atomic mass is 10.3. The number of hydrogen-bond acceptors (Lipinski definition) is 8. The lowest BCUT2D eigenvalue weighted by molar-refractivity contribution is -0.384. The zero-order valence-electron chi connectivity index (χ0n) is 11.1. The molecule has 0 saturated carbocycles. The van der Waals surface area contributed by atoms with Crippen LogP contribution in [0.3, 0.4) is 0 Å². The third kappa shape index (κ3) is 3.54. The van der Waals surface area contributed by atoms with Crippen LogP contribution in [0.15, 0.2) is 22.7 Å². The van der Waals surface area contributed by atoms with E-state index in [0.29, 0.717) is 10.4 Å². The summed E-state index contributed by atoms with van der Waals surface area (Å²) in [5.41, 5.74) is 5.47. The quantitative estimate of drug-likeness (QED) is 0.653. The van der Waals surface area contributed by atoms with Gasteiger partial charge in [-0.2, -0.15) is 15.0 Å². The van der Waals surface area contributed by atoms with Crippen LogP contribution in [0.5, 0.6) is 11.8 Å². The van der Waals surface area contributed by atoms with Crippen molar-refractivity contribution in [1.29, 1.82) is 0 Å². The summed E-state index contributed by atoms with van der Waals surface area (Å²) in [5.74, 6) is 0.517. The summed E-state index contributed by atoms with van der Waals surface area (Å²) in [4.78, 5) is 23.7. The van der Waals surface area contributed by atoms with Crippen LogP contribution in [-0.2, 0) is 0 Å². The molecule has 0 aliphatic rings. The predicted octanol–water partition coefficient (Wildman–Crippen LogP) is 1.98. The molecule has 1 heterocycles. The van der Waals surface area contributed by atoms with Crippen LogP contribution in [0, 0.1) is 10.1 Å². The van der Waals surface area contributed by atoms with Crippen molar-refractivity contribution < 1.29 is 9.66 Å². The number of benzene rings is 1. The summed E-state index contributed by atoms with van der Waals surface area (Å²) in [6, 6.07) is 4.07. The lowest BCUT2D eigenvalue weighted by Crippen LogP contribution is -2.15. The van der Waals surface area contributed by atoms with Crippen LogP contribution >= 0.6 is 15.9 Å². The summed E-state index contributed by atoms with van der Waals surface area (Å²) in [6.45, 7) is 0. The Morgan fingerprint density at radius 3 is 2.67 bits per heavy atom. The first-order valence-electron chi connectivity index (χ1n) is 5.67. The Hall–Kier alpha value is -2.49. The van der Waals surface area contributed by atoms with E-state index in [4.69, 9.17) is 10.5 Å². The third-order valence-electron chi connectivity index (χ3n) is 2.35. The molecule has 0 radical (unpaired) electrons. The summed E-state index contributed by atoms with van der Waals surface area (Å²) in [5, 5.41) is 10.8. The number of nitrogens with zero attached hydrogens (tertiary/aromatic N) is 5. The second-order valence-electron chi connectivity index (χ2n) is 4.14. The Morgan fingerprint density at radius 1 is 1.33 bits per heavy atom. The summed E-state index contributed by atoms with van der Waals surface area (Å²) >= 11 is 3.24. The number of non-ortho nitro benzene ring substituents is 1. The average molecular weight is 355 g/mol. The molecule has 0 amide bonds. The van der Waals surface area contributed by atoms with Gasteiger partial charge >= 0.3 is 6.01 Å². The van der Waals surface area contributed by atoms with Crippen molar-refractivity contribution >= 4 is 33.5 Å². The zero-order chi connectivity index (χ0) is 15.6. The molecule has 1 aromatic heterocycles. The van der Waals surface area contributed by atoms with Crippen LogP contribution in [0.1, 0.15) is 0 Å². The predicted molar refractivity (Wildman–Crippen MR) is 79.4 cm³/mol. The first kappa shape index (κ1) is 14.9. The standard InChI is InChI=1S/C11H11BrN6O3/c1-17(2)10-14-9(13)15-11(16-10)21-8-5-6(18(19)20)3-4-7(8)12/h3-5H,1-2H3,(H2,13,14,15,16). The SMILES string of the molecule is CN(C)c1nc(N)nc(Oc2cc([N+](=O)[O-])ccc2Br)n1. The van der Waals surface area contributed by atoms with Crippen molar-refractivity contribution in [2.24, 2.45) is 0 Å². The van der Waals surface area contributed by atoms with Gasteiger partial charge in [0, 0.05) is 20.2 Å². The molecule has 0 bridgehead atoms. The Bertz CT molecular complexity index is 694. The van der Waals surface area contributed by atoms with Crippen LogP contribution < -0.4 is 15.4 Å². The fourth-order valence-corrected chi connectivity index (χ4v) is 1.72. The molecule has 2 N–H and O–H groups in total. The summed E-state index contributed by atoms with van der Waals surface area (Å²) in [7, 11) is 3.48. The highest BCUT2D eigenvalue weighted by molar-refractivity contribution is 9.10. The van der Waals surface area contributed by atoms with Crippen molar-refractivity contribution in [1.82, 2.24) is 15.0 Å². The Labute approximate surface area is 128 Å². The third-order valence-corrected chi connectivity index (χ3v) is 3.00. The highest BCUT2D eigenvalue weighted by Gasteiger charge is 2.14. The van der Waals surface area contributed by atoms with Gasteiger partial charge in [0.1, 0.15) is 0 Å². The maximum absolute atomic E-state index is 10.8. The Kier molecular flexibility index (Phi) is 4.17. The summed E-state index contributed by atoms with van der Waals surface area (Å²) in [6.07, 6.45) is 0. The first-order valence-corrected chi connectivity index (χ1v) is 6.47. The minimum atomic E-state index is -0.522. The average Bonchev–Trinajstić information content (AvgIpc) is 2.40. The number of ether oxygens (including phenoxy) is 1. The molecule has 9 nitrogen and oxygen atoms in total. The molecular formula is C11H11BrN6O3. The molecule has 110 valence electrons. The minimum Gasteiger partial charge on any atom is -0.423 e. The van der Waals surface area contributed by atoms with Gasteiger partial charge in [-0.15, -0.1) is 0 Å². The number of anilines is 2. The van der Waals surface area contributed by atoms with E-state index in [-0.39, 0.29) is 23.4 Å². The lowest BCUT2D eigenvalue weighted by Gasteiger charge is -2.12. The molecule has 0 fully saturated rings. The molecular weight excluding hydrogens is 344 g/mol. The van der Waals surface area contributed by atoms with E-state index in [1.54, 1.807) is 19.0 Å². The highest BCUT2D eigenvalue weighted by atomic mass is 79.9. The smallest absolute Gasteiger partial charge is 0.328 e. The van der Waals surface area contributed by atoms with E-state index in [9.17, 15) is 10.1 Å². The molecule has 0 saturated heterocycles. The van der Waals surface area contributed by atoms with Crippen molar-refractivity contribution in [3.05, 3.63) is 32.8 Å². The fraction of sp³-hybridized carbons (Fsp3) is 0.182. The molecule has 10 heteroatoms. The first-order chi connectivity index (χ1) is 9.86. The van der Waals surface area contributed by atoms with Crippen molar-refractivity contribution in [3.63, 3.8) is 0 Å². The Balaban J connectivity index is 2.38. The van der Waals surface area contributed by atoms with Crippen LogP contribution in [0.4, 0.5) is 17.6 Å². The molecule has 0 unspecified atom stereocenters. The van der Waals surface area contributed by atoms with Gasteiger partial charge in [-0.3, -0.25) is 10.1 Å². The van der Waals surface area contributed by atoms with E-state index >= 15 is 0 Å². The van der Waals surface area contributed by atoms with Crippen molar-refractivity contribution in [2.45, 2.75) is 0 Å². The topological polar surface area (TPSA) is 120 Å². The van der Waals surface area contributed by atoms with Crippen LogP contribution in [0.2, 0.25) is 0 Å². The van der Waals surface area contributed by atoms with Gasteiger partial charge in [-0.1, -0.05) is 0 Å².